The molecule has 0 radical (unpaired) electrons. The van der Waals surface area contributed by atoms with Crippen molar-refractivity contribution in [3.63, 3.8) is 0 Å². The molecule has 1 aromatic carbocycles. The molecule has 88 valence electrons. The minimum Gasteiger partial charge on any atom is -0.481 e. The Morgan fingerprint density at radius 1 is 1.50 bits per heavy atom. The Labute approximate surface area is 101 Å². The van der Waals surface area contributed by atoms with Crippen molar-refractivity contribution in [2.75, 3.05) is 18.0 Å². The lowest BCUT2D eigenvalue weighted by molar-refractivity contribution is -0.136. The summed E-state index contributed by atoms with van der Waals surface area (Å²) in [6.07, 6.45) is 0.148. The fourth-order valence-corrected chi connectivity index (χ4v) is 1.64. The van der Waals surface area contributed by atoms with Crippen molar-refractivity contribution in [1.29, 1.82) is 0 Å². The Bertz CT molecular complexity index is 379. The maximum Gasteiger partial charge on any atom is 0.305 e. The topological polar surface area (TPSA) is 40.5 Å². The normalized spacial score (nSPS) is 10.2. The second kappa shape index (κ2) is 5.75. The van der Waals surface area contributed by atoms with Crippen LogP contribution in [-0.4, -0.2) is 24.2 Å². The summed E-state index contributed by atoms with van der Waals surface area (Å²) in [5.74, 6) is -0.774. The van der Waals surface area contributed by atoms with E-state index in [0.717, 1.165) is 22.8 Å². The Balaban J connectivity index is 2.78. The molecule has 0 aliphatic heterocycles. The largest absolute Gasteiger partial charge is 0.481 e. The van der Waals surface area contributed by atoms with E-state index < -0.39 is 5.97 Å². The summed E-state index contributed by atoms with van der Waals surface area (Å²) in [6, 6.07) is 5.74. The van der Waals surface area contributed by atoms with E-state index in [-0.39, 0.29) is 6.42 Å². The third-order valence-corrected chi connectivity index (χ3v) is 2.91. The van der Waals surface area contributed by atoms with Crippen LogP contribution in [0, 0.1) is 6.92 Å². The van der Waals surface area contributed by atoms with Crippen LogP contribution in [0.15, 0.2) is 18.2 Å². The van der Waals surface area contributed by atoms with Crippen LogP contribution in [0.1, 0.15) is 18.9 Å². The molecule has 0 atom stereocenters. The maximum absolute atomic E-state index is 10.5. The van der Waals surface area contributed by atoms with Crippen molar-refractivity contribution in [3.05, 3.63) is 28.8 Å². The average Bonchev–Trinajstić information content (AvgIpc) is 2.23. The first-order valence-electron chi connectivity index (χ1n) is 5.27. The zero-order chi connectivity index (χ0) is 12.1. The molecule has 16 heavy (non-hydrogen) atoms. The number of carboxylic acids is 1. The molecule has 0 aliphatic rings. The molecule has 0 saturated heterocycles. The van der Waals surface area contributed by atoms with E-state index in [9.17, 15) is 4.79 Å². The second-order valence-electron chi connectivity index (χ2n) is 3.66. The lowest BCUT2D eigenvalue weighted by atomic mass is 10.2. The number of aliphatic carboxylic acids is 1. The van der Waals surface area contributed by atoms with Gasteiger partial charge >= 0.3 is 5.97 Å². The van der Waals surface area contributed by atoms with E-state index in [1.165, 1.54) is 0 Å². The molecule has 0 aliphatic carbocycles. The van der Waals surface area contributed by atoms with Gasteiger partial charge in [0.1, 0.15) is 0 Å². The van der Waals surface area contributed by atoms with Crippen LogP contribution in [0.2, 0.25) is 5.02 Å². The molecule has 1 N–H and O–H groups in total. The van der Waals surface area contributed by atoms with Gasteiger partial charge in [0.25, 0.3) is 0 Å². The van der Waals surface area contributed by atoms with Crippen LogP contribution in [0.4, 0.5) is 5.69 Å². The summed E-state index contributed by atoms with van der Waals surface area (Å²) >= 11 is 5.94. The summed E-state index contributed by atoms with van der Waals surface area (Å²) in [5.41, 5.74) is 2.03. The van der Waals surface area contributed by atoms with Crippen LogP contribution in [0.3, 0.4) is 0 Å². The molecule has 0 saturated carbocycles. The Morgan fingerprint density at radius 2 is 2.19 bits per heavy atom. The maximum atomic E-state index is 10.5. The smallest absolute Gasteiger partial charge is 0.305 e. The van der Waals surface area contributed by atoms with E-state index in [4.69, 9.17) is 16.7 Å². The third kappa shape index (κ3) is 3.42. The van der Waals surface area contributed by atoms with E-state index in [1.54, 1.807) is 0 Å². The number of rotatable bonds is 5. The SMILES string of the molecule is CCN(CCC(=O)O)c1ccc(Cl)c(C)c1. The Hall–Kier alpha value is -1.22. The summed E-state index contributed by atoms with van der Waals surface area (Å²) in [5, 5.41) is 9.39. The van der Waals surface area contributed by atoms with Gasteiger partial charge < -0.3 is 10.0 Å². The first-order valence-corrected chi connectivity index (χ1v) is 5.65. The molecule has 1 rings (SSSR count). The summed E-state index contributed by atoms with van der Waals surface area (Å²) < 4.78 is 0. The van der Waals surface area contributed by atoms with Crippen LogP contribution in [0.5, 0.6) is 0 Å². The number of nitrogens with zero attached hydrogens (tertiary/aromatic N) is 1. The van der Waals surface area contributed by atoms with Gasteiger partial charge in [-0.1, -0.05) is 11.6 Å². The Morgan fingerprint density at radius 3 is 2.69 bits per heavy atom. The standard InChI is InChI=1S/C12H16ClNO2/c1-3-14(7-6-12(15)16)10-4-5-11(13)9(2)8-10/h4-5,8H,3,6-7H2,1-2H3,(H,15,16). The molecular formula is C12H16ClNO2. The van der Waals surface area contributed by atoms with Gasteiger partial charge in [-0.25, -0.2) is 0 Å². The van der Waals surface area contributed by atoms with Gasteiger partial charge in [0.2, 0.25) is 0 Å². The number of hydrogen-bond donors (Lipinski definition) is 1. The van der Waals surface area contributed by atoms with E-state index in [1.807, 2.05) is 36.9 Å². The van der Waals surface area contributed by atoms with Crippen molar-refractivity contribution in [2.45, 2.75) is 20.3 Å². The summed E-state index contributed by atoms with van der Waals surface area (Å²) in [7, 11) is 0. The number of aryl methyl sites for hydroxylation is 1. The Kier molecular flexibility index (Phi) is 4.62. The minimum absolute atomic E-state index is 0.148. The molecular weight excluding hydrogens is 226 g/mol. The monoisotopic (exact) mass is 241 g/mol. The van der Waals surface area contributed by atoms with Gasteiger partial charge in [0, 0.05) is 23.8 Å². The highest BCUT2D eigenvalue weighted by Crippen LogP contribution is 2.22. The summed E-state index contributed by atoms with van der Waals surface area (Å²) in [6.45, 7) is 5.25. The molecule has 0 unspecified atom stereocenters. The number of carboxylic acid groups (broad SMARTS) is 1. The van der Waals surface area contributed by atoms with Crippen molar-refractivity contribution in [3.8, 4) is 0 Å². The number of anilines is 1. The van der Waals surface area contributed by atoms with Crippen LogP contribution in [-0.2, 0) is 4.79 Å². The van der Waals surface area contributed by atoms with Crippen LogP contribution >= 0.6 is 11.6 Å². The highest BCUT2D eigenvalue weighted by Gasteiger charge is 2.07. The molecule has 0 fully saturated rings. The van der Waals surface area contributed by atoms with E-state index >= 15 is 0 Å². The van der Waals surface area contributed by atoms with E-state index in [2.05, 4.69) is 0 Å². The summed E-state index contributed by atoms with van der Waals surface area (Å²) in [4.78, 5) is 12.5. The van der Waals surface area contributed by atoms with Crippen LogP contribution in [0.25, 0.3) is 0 Å². The van der Waals surface area contributed by atoms with Gasteiger partial charge in [-0.2, -0.15) is 0 Å². The van der Waals surface area contributed by atoms with Gasteiger partial charge in [-0.3, -0.25) is 4.79 Å². The average molecular weight is 242 g/mol. The second-order valence-corrected chi connectivity index (χ2v) is 4.06. The number of hydrogen-bond acceptors (Lipinski definition) is 2. The van der Waals surface area contributed by atoms with Gasteiger partial charge in [-0.15, -0.1) is 0 Å². The lowest BCUT2D eigenvalue weighted by Gasteiger charge is -2.22. The predicted octanol–water partition coefficient (Wildman–Crippen LogP) is 2.95. The molecule has 1 aromatic rings. The first kappa shape index (κ1) is 12.8. The van der Waals surface area contributed by atoms with Gasteiger partial charge in [0.05, 0.1) is 6.42 Å². The minimum atomic E-state index is -0.774. The molecule has 0 spiro atoms. The van der Waals surface area contributed by atoms with E-state index in [0.29, 0.717) is 6.54 Å². The lowest BCUT2D eigenvalue weighted by Crippen LogP contribution is -2.25. The van der Waals surface area contributed by atoms with Crippen molar-refractivity contribution in [2.24, 2.45) is 0 Å². The number of halogens is 1. The predicted molar refractivity (Wildman–Crippen MR) is 66.3 cm³/mol. The van der Waals surface area contributed by atoms with Gasteiger partial charge in [-0.05, 0) is 37.6 Å². The highest BCUT2D eigenvalue weighted by atomic mass is 35.5. The zero-order valence-electron chi connectivity index (χ0n) is 9.53. The van der Waals surface area contributed by atoms with Crippen LogP contribution < -0.4 is 4.90 Å². The molecule has 0 bridgehead atoms. The first-order chi connectivity index (χ1) is 7.54. The molecule has 0 amide bonds. The quantitative estimate of drug-likeness (QED) is 0.862. The third-order valence-electron chi connectivity index (χ3n) is 2.48. The fraction of sp³-hybridized carbons (Fsp3) is 0.417. The molecule has 3 nitrogen and oxygen atoms in total. The molecule has 0 heterocycles. The van der Waals surface area contributed by atoms with Crippen molar-refractivity contribution >= 4 is 23.3 Å². The van der Waals surface area contributed by atoms with Crippen molar-refractivity contribution in [1.82, 2.24) is 0 Å². The molecule has 4 heteroatoms. The fourth-order valence-electron chi connectivity index (χ4n) is 1.53. The van der Waals surface area contributed by atoms with Gasteiger partial charge in [0.15, 0.2) is 0 Å². The highest BCUT2D eigenvalue weighted by molar-refractivity contribution is 6.31. The number of benzene rings is 1. The number of carbonyl (C=O) groups is 1. The zero-order valence-corrected chi connectivity index (χ0v) is 10.3. The molecule has 0 aromatic heterocycles. The van der Waals surface area contributed by atoms with Crippen molar-refractivity contribution < 1.29 is 9.90 Å².